The van der Waals surface area contributed by atoms with E-state index in [9.17, 15) is 14.4 Å². The van der Waals surface area contributed by atoms with Gasteiger partial charge in [0, 0.05) is 12.3 Å². The van der Waals surface area contributed by atoms with E-state index in [1.807, 2.05) is 30.3 Å². The SMILES string of the molecule is COC(=O)[C@H]1SC[C@@H]2C(=O)N(CCc3ccccc3)CC(=O)N21. The van der Waals surface area contributed by atoms with E-state index in [0.717, 1.165) is 5.56 Å². The lowest BCUT2D eigenvalue weighted by atomic mass is 10.1. The number of rotatable bonds is 4. The van der Waals surface area contributed by atoms with Crippen LogP contribution in [0.1, 0.15) is 5.56 Å². The zero-order valence-electron chi connectivity index (χ0n) is 12.8. The number of esters is 1. The average Bonchev–Trinajstić information content (AvgIpc) is 3.03. The van der Waals surface area contributed by atoms with E-state index in [-0.39, 0.29) is 18.4 Å². The van der Waals surface area contributed by atoms with Crippen molar-refractivity contribution in [2.75, 3.05) is 26.0 Å². The number of piperazine rings is 1. The van der Waals surface area contributed by atoms with Crippen LogP contribution >= 0.6 is 11.8 Å². The van der Waals surface area contributed by atoms with Crippen LogP contribution < -0.4 is 0 Å². The van der Waals surface area contributed by atoms with Gasteiger partial charge in [0.05, 0.1) is 13.7 Å². The van der Waals surface area contributed by atoms with Crippen LogP contribution in [0.5, 0.6) is 0 Å². The summed E-state index contributed by atoms with van der Waals surface area (Å²) in [5.74, 6) is -0.314. The smallest absolute Gasteiger partial charge is 0.339 e. The second-order valence-electron chi connectivity index (χ2n) is 5.52. The zero-order chi connectivity index (χ0) is 16.4. The first kappa shape index (κ1) is 15.9. The van der Waals surface area contributed by atoms with Crippen LogP contribution in [0.25, 0.3) is 0 Å². The highest BCUT2D eigenvalue weighted by molar-refractivity contribution is 8.00. The number of hydrogen-bond donors (Lipinski definition) is 0. The molecule has 0 saturated carbocycles. The molecule has 1 aromatic rings. The van der Waals surface area contributed by atoms with Crippen molar-refractivity contribution in [1.82, 2.24) is 9.80 Å². The maximum Gasteiger partial charge on any atom is 0.339 e. The molecule has 0 aromatic heterocycles. The molecule has 1 aromatic carbocycles. The van der Waals surface area contributed by atoms with Crippen LogP contribution in [0.3, 0.4) is 0 Å². The third-order valence-electron chi connectivity index (χ3n) is 4.13. The molecule has 122 valence electrons. The van der Waals surface area contributed by atoms with E-state index < -0.39 is 17.4 Å². The fraction of sp³-hybridized carbons (Fsp3) is 0.438. The van der Waals surface area contributed by atoms with Gasteiger partial charge in [0.2, 0.25) is 11.8 Å². The Morgan fingerprint density at radius 1 is 1.30 bits per heavy atom. The number of nitrogens with zero attached hydrogens (tertiary/aromatic N) is 2. The fourth-order valence-electron chi connectivity index (χ4n) is 2.92. The maximum atomic E-state index is 12.6. The highest BCUT2D eigenvalue weighted by atomic mass is 32.2. The van der Waals surface area contributed by atoms with E-state index >= 15 is 0 Å². The third kappa shape index (κ3) is 3.06. The number of benzene rings is 1. The van der Waals surface area contributed by atoms with E-state index in [1.54, 1.807) is 4.90 Å². The van der Waals surface area contributed by atoms with Gasteiger partial charge in [0.15, 0.2) is 5.37 Å². The molecule has 7 heteroatoms. The molecule has 0 radical (unpaired) electrons. The zero-order valence-corrected chi connectivity index (χ0v) is 13.6. The van der Waals surface area contributed by atoms with Crippen LogP contribution in [0.2, 0.25) is 0 Å². The lowest BCUT2D eigenvalue weighted by Crippen LogP contribution is -2.61. The molecule has 0 aliphatic carbocycles. The van der Waals surface area contributed by atoms with Gasteiger partial charge in [-0.2, -0.15) is 0 Å². The lowest BCUT2D eigenvalue weighted by molar-refractivity contribution is -0.159. The summed E-state index contributed by atoms with van der Waals surface area (Å²) in [7, 11) is 1.29. The van der Waals surface area contributed by atoms with Crippen molar-refractivity contribution in [2.24, 2.45) is 0 Å². The molecule has 2 aliphatic heterocycles. The van der Waals surface area contributed by atoms with Crippen LogP contribution in [0.4, 0.5) is 0 Å². The highest BCUT2D eigenvalue weighted by Gasteiger charge is 2.50. The standard InChI is InChI=1S/C16H18N2O4S/c1-22-16(21)15-18-12(10-23-15)14(20)17(9-13(18)19)8-7-11-5-3-2-4-6-11/h2-6,12,15H,7-10H2,1H3/t12-,15-/m1/s1. The van der Waals surface area contributed by atoms with Gasteiger partial charge in [-0.3, -0.25) is 9.59 Å². The topological polar surface area (TPSA) is 66.9 Å². The minimum atomic E-state index is -0.697. The number of thioether (sulfide) groups is 1. The Bertz CT molecular complexity index is 622. The first-order chi connectivity index (χ1) is 11.1. The summed E-state index contributed by atoms with van der Waals surface area (Å²) in [5, 5.41) is -0.697. The monoisotopic (exact) mass is 334 g/mol. The molecule has 2 aliphatic rings. The summed E-state index contributed by atoms with van der Waals surface area (Å²) >= 11 is 1.29. The largest absolute Gasteiger partial charge is 0.467 e. The molecule has 0 spiro atoms. The van der Waals surface area contributed by atoms with Crippen molar-refractivity contribution in [1.29, 1.82) is 0 Å². The Hall–Kier alpha value is -2.02. The van der Waals surface area contributed by atoms with E-state index in [4.69, 9.17) is 4.74 Å². The van der Waals surface area contributed by atoms with E-state index in [0.29, 0.717) is 18.7 Å². The van der Waals surface area contributed by atoms with Gasteiger partial charge in [-0.05, 0) is 12.0 Å². The molecule has 23 heavy (non-hydrogen) atoms. The minimum absolute atomic E-state index is 0.0240. The number of amides is 2. The summed E-state index contributed by atoms with van der Waals surface area (Å²) in [6, 6.07) is 9.30. The first-order valence-corrected chi connectivity index (χ1v) is 8.50. The predicted molar refractivity (Wildman–Crippen MR) is 85.6 cm³/mol. The van der Waals surface area contributed by atoms with Gasteiger partial charge in [-0.1, -0.05) is 30.3 Å². The molecule has 2 amide bonds. The van der Waals surface area contributed by atoms with Crippen molar-refractivity contribution in [3.63, 3.8) is 0 Å². The Morgan fingerprint density at radius 3 is 2.74 bits per heavy atom. The summed E-state index contributed by atoms with van der Waals surface area (Å²) < 4.78 is 4.72. The second kappa shape index (κ2) is 6.62. The Labute approximate surface area is 138 Å². The Kier molecular flexibility index (Phi) is 4.56. The van der Waals surface area contributed by atoms with Gasteiger partial charge in [0.1, 0.15) is 6.04 Å². The molecule has 0 N–H and O–H groups in total. The van der Waals surface area contributed by atoms with Gasteiger partial charge >= 0.3 is 5.97 Å². The number of hydrogen-bond acceptors (Lipinski definition) is 5. The highest BCUT2D eigenvalue weighted by Crippen LogP contribution is 2.33. The summed E-state index contributed by atoms with van der Waals surface area (Å²) in [6.07, 6.45) is 0.708. The molecule has 2 saturated heterocycles. The van der Waals surface area contributed by atoms with Crippen molar-refractivity contribution in [3.8, 4) is 0 Å². The van der Waals surface area contributed by atoms with E-state index in [1.165, 1.54) is 23.8 Å². The quantitative estimate of drug-likeness (QED) is 0.751. The van der Waals surface area contributed by atoms with Crippen molar-refractivity contribution in [3.05, 3.63) is 35.9 Å². The minimum Gasteiger partial charge on any atom is -0.467 e. The predicted octanol–water partition coefficient (Wildman–Crippen LogP) is 0.514. The number of fused-ring (bicyclic) bond motifs is 1. The van der Waals surface area contributed by atoms with Crippen LogP contribution in [0.15, 0.2) is 30.3 Å². The number of methoxy groups -OCH3 is 1. The van der Waals surface area contributed by atoms with E-state index in [2.05, 4.69) is 0 Å². The normalized spacial score (nSPS) is 23.9. The number of ether oxygens (including phenoxy) is 1. The van der Waals surface area contributed by atoms with Gasteiger partial charge < -0.3 is 14.5 Å². The summed E-state index contributed by atoms with van der Waals surface area (Å²) in [4.78, 5) is 39.7. The third-order valence-corrected chi connectivity index (χ3v) is 5.37. The Morgan fingerprint density at radius 2 is 2.04 bits per heavy atom. The van der Waals surface area contributed by atoms with Gasteiger partial charge in [0.25, 0.3) is 0 Å². The Balaban J connectivity index is 1.68. The van der Waals surface area contributed by atoms with Crippen molar-refractivity contribution < 1.29 is 19.1 Å². The molecular weight excluding hydrogens is 316 g/mol. The van der Waals surface area contributed by atoms with Crippen LogP contribution in [0, 0.1) is 0 Å². The van der Waals surface area contributed by atoms with Gasteiger partial charge in [-0.15, -0.1) is 11.8 Å². The molecule has 3 rings (SSSR count). The molecule has 2 heterocycles. The van der Waals surface area contributed by atoms with Crippen LogP contribution in [-0.2, 0) is 25.5 Å². The summed E-state index contributed by atoms with van der Waals surface area (Å²) in [5.41, 5.74) is 1.13. The van der Waals surface area contributed by atoms with Crippen molar-refractivity contribution in [2.45, 2.75) is 17.8 Å². The molecule has 0 unspecified atom stereocenters. The lowest BCUT2D eigenvalue weighted by Gasteiger charge is -2.37. The molecule has 0 bridgehead atoms. The summed E-state index contributed by atoms with van der Waals surface area (Å²) in [6.45, 7) is 0.530. The maximum absolute atomic E-state index is 12.6. The molecular formula is C16H18N2O4S. The molecule has 2 atom stereocenters. The molecule has 6 nitrogen and oxygen atoms in total. The van der Waals surface area contributed by atoms with Crippen molar-refractivity contribution >= 4 is 29.5 Å². The fourth-order valence-corrected chi connectivity index (χ4v) is 4.24. The van der Waals surface area contributed by atoms with Crippen LogP contribution in [-0.4, -0.2) is 65.0 Å². The molecule has 2 fully saturated rings. The first-order valence-electron chi connectivity index (χ1n) is 7.45. The second-order valence-corrected chi connectivity index (χ2v) is 6.63. The van der Waals surface area contributed by atoms with Gasteiger partial charge in [-0.25, -0.2) is 4.79 Å². The average molecular weight is 334 g/mol. The number of carbonyl (C=O) groups excluding carboxylic acids is 3. The number of carbonyl (C=O) groups is 3.